The highest BCUT2D eigenvalue weighted by molar-refractivity contribution is 5.95. The number of amides is 1. The lowest BCUT2D eigenvalue weighted by molar-refractivity contribution is 0.0500. The third kappa shape index (κ3) is 3.71. The Morgan fingerprint density at radius 2 is 2.14 bits per heavy atom. The van der Waals surface area contributed by atoms with Crippen molar-refractivity contribution in [3.05, 3.63) is 63.6 Å². The molecule has 4 rings (SSSR count). The van der Waals surface area contributed by atoms with Crippen molar-refractivity contribution < 1.29 is 13.9 Å². The summed E-state index contributed by atoms with van der Waals surface area (Å²) in [5.74, 6) is 1.57. The molecule has 3 heterocycles. The minimum Gasteiger partial charge on any atom is -0.466 e. The van der Waals surface area contributed by atoms with Crippen molar-refractivity contribution in [2.24, 2.45) is 0 Å². The average molecular weight is 381 g/mol. The molecule has 3 aromatic rings. The van der Waals surface area contributed by atoms with Crippen LogP contribution >= 0.6 is 0 Å². The van der Waals surface area contributed by atoms with E-state index in [1.807, 2.05) is 13.0 Å². The number of aryl methyl sites for hydroxylation is 2. The molecule has 146 valence electrons. The number of nitrogens with one attached hydrogen (secondary N) is 1. The molecule has 28 heavy (non-hydrogen) atoms. The Bertz CT molecular complexity index is 1060. The maximum atomic E-state index is 13.2. The van der Waals surface area contributed by atoms with E-state index in [0.29, 0.717) is 47.0 Å². The zero-order chi connectivity index (χ0) is 19.7. The Balaban J connectivity index is 1.66. The summed E-state index contributed by atoms with van der Waals surface area (Å²) in [5, 5.41) is 0.532. The van der Waals surface area contributed by atoms with Gasteiger partial charge in [0, 0.05) is 13.2 Å². The number of carbonyl (C=O) groups is 1. The van der Waals surface area contributed by atoms with E-state index < -0.39 is 0 Å². The molecule has 1 N–H and O–H groups in total. The molecule has 1 aliphatic heterocycles. The molecule has 0 spiro atoms. The van der Waals surface area contributed by atoms with Crippen LogP contribution in [-0.2, 0) is 11.3 Å². The number of carbonyl (C=O) groups excluding carboxylic acids is 1. The van der Waals surface area contributed by atoms with Crippen LogP contribution in [0.15, 0.2) is 39.5 Å². The number of ether oxygens (including phenoxy) is 1. The molecule has 1 unspecified atom stereocenters. The summed E-state index contributed by atoms with van der Waals surface area (Å²) in [5.41, 5.74) is 0.931. The van der Waals surface area contributed by atoms with Crippen molar-refractivity contribution >= 4 is 16.8 Å². The molecule has 1 aromatic carbocycles. The zero-order valence-electron chi connectivity index (χ0n) is 16.0. The van der Waals surface area contributed by atoms with Gasteiger partial charge in [-0.2, -0.15) is 0 Å². The number of aromatic amines is 1. The maximum Gasteiger partial charge on any atom is 0.258 e. The summed E-state index contributed by atoms with van der Waals surface area (Å²) in [7, 11) is 0. The minimum absolute atomic E-state index is 0.00978. The van der Waals surface area contributed by atoms with E-state index in [4.69, 9.17) is 9.15 Å². The molecular formula is C21H23N3O4. The normalized spacial score (nSPS) is 16.6. The van der Waals surface area contributed by atoms with Gasteiger partial charge in [-0.05, 0) is 44.9 Å². The van der Waals surface area contributed by atoms with E-state index in [2.05, 4.69) is 9.97 Å². The van der Waals surface area contributed by atoms with Gasteiger partial charge in [0.2, 0.25) is 0 Å². The molecule has 7 heteroatoms. The van der Waals surface area contributed by atoms with E-state index >= 15 is 0 Å². The van der Waals surface area contributed by atoms with Crippen LogP contribution < -0.4 is 5.56 Å². The molecule has 1 fully saturated rings. The van der Waals surface area contributed by atoms with Crippen LogP contribution in [0.2, 0.25) is 0 Å². The Labute approximate surface area is 162 Å². The summed E-state index contributed by atoms with van der Waals surface area (Å²) in [6.07, 6.45) is 1.89. The number of H-pyrrole nitrogens is 1. The van der Waals surface area contributed by atoms with Gasteiger partial charge in [-0.15, -0.1) is 0 Å². The van der Waals surface area contributed by atoms with Gasteiger partial charge in [-0.1, -0.05) is 12.1 Å². The first-order valence-electron chi connectivity index (χ1n) is 9.47. The van der Waals surface area contributed by atoms with Gasteiger partial charge in [-0.3, -0.25) is 9.59 Å². The van der Waals surface area contributed by atoms with Crippen LogP contribution in [-0.4, -0.2) is 40.0 Å². The van der Waals surface area contributed by atoms with Gasteiger partial charge in [0.25, 0.3) is 11.5 Å². The molecule has 2 aromatic heterocycles. The van der Waals surface area contributed by atoms with Crippen molar-refractivity contribution in [2.45, 2.75) is 39.3 Å². The van der Waals surface area contributed by atoms with Crippen LogP contribution in [0.4, 0.5) is 0 Å². The Hall–Kier alpha value is -2.93. The Kier molecular flexibility index (Phi) is 5.00. The highest BCUT2D eigenvalue weighted by Crippen LogP contribution is 2.20. The van der Waals surface area contributed by atoms with E-state index in [0.717, 1.165) is 12.8 Å². The molecule has 0 radical (unpaired) electrons. The number of fused-ring (bicyclic) bond motifs is 1. The van der Waals surface area contributed by atoms with Gasteiger partial charge in [0.15, 0.2) is 0 Å². The van der Waals surface area contributed by atoms with E-state index in [-0.39, 0.29) is 24.1 Å². The highest BCUT2D eigenvalue weighted by Gasteiger charge is 2.26. The fourth-order valence-electron chi connectivity index (χ4n) is 3.66. The molecule has 0 saturated carbocycles. The molecule has 0 bridgehead atoms. The van der Waals surface area contributed by atoms with Gasteiger partial charge in [0.1, 0.15) is 17.3 Å². The van der Waals surface area contributed by atoms with Crippen LogP contribution in [0.3, 0.4) is 0 Å². The van der Waals surface area contributed by atoms with Crippen molar-refractivity contribution in [3.8, 4) is 0 Å². The Morgan fingerprint density at radius 1 is 1.32 bits per heavy atom. The first-order valence-corrected chi connectivity index (χ1v) is 9.47. The number of nitrogens with zero attached hydrogens (tertiary/aromatic N) is 2. The van der Waals surface area contributed by atoms with Gasteiger partial charge < -0.3 is 19.0 Å². The summed E-state index contributed by atoms with van der Waals surface area (Å²) < 4.78 is 11.3. The number of aromatic nitrogens is 2. The molecule has 7 nitrogen and oxygen atoms in total. The second-order valence-corrected chi connectivity index (χ2v) is 7.18. The monoisotopic (exact) mass is 381 g/mol. The van der Waals surface area contributed by atoms with Gasteiger partial charge >= 0.3 is 0 Å². The SMILES string of the molecule is Cc1cc(C(=O)N(Cc2nc3ccccc3c(=O)[nH]2)CC2CCCO2)c(C)o1. The van der Waals surface area contributed by atoms with E-state index in [1.165, 1.54) is 0 Å². The Morgan fingerprint density at radius 3 is 2.86 bits per heavy atom. The second-order valence-electron chi connectivity index (χ2n) is 7.18. The summed E-state index contributed by atoms with van der Waals surface area (Å²) in [6, 6.07) is 8.92. The first kappa shape index (κ1) is 18.4. The third-order valence-electron chi connectivity index (χ3n) is 5.01. The van der Waals surface area contributed by atoms with Crippen molar-refractivity contribution in [2.75, 3.05) is 13.2 Å². The topological polar surface area (TPSA) is 88.4 Å². The fourth-order valence-corrected chi connectivity index (χ4v) is 3.66. The second kappa shape index (κ2) is 7.59. The van der Waals surface area contributed by atoms with Crippen LogP contribution in [0.5, 0.6) is 0 Å². The predicted octanol–water partition coefficient (Wildman–Crippen LogP) is 2.95. The lowest BCUT2D eigenvalue weighted by Gasteiger charge is -2.25. The predicted molar refractivity (Wildman–Crippen MR) is 104 cm³/mol. The quantitative estimate of drug-likeness (QED) is 0.734. The number of para-hydroxylation sites is 1. The van der Waals surface area contributed by atoms with Crippen LogP contribution in [0.25, 0.3) is 10.9 Å². The number of hydrogen-bond acceptors (Lipinski definition) is 5. The van der Waals surface area contributed by atoms with Crippen LogP contribution in [0.1, 0.15) is 40.5 Å². The van der Waals surface area contributed by atoms with E-state index in [1.54, 1.807) is 36.1 Å². The molecule has 1 saturated heterocycles. The molecule has 1 aliphatic rings. The molecular weight excluding hydrogens is 358 g/mol. The summed E-state index contributed by atoms with van der Waals surface area (Å²) in [6.45, 7) is 4.94. The number of hydrogen-bond donors (Lipinski definition) is 1. The lowest BCUT2D eigenvalue weighted by Crippen LogP contribution is -2.38. The maximum absolute atomic E-state index is 13.2. The van der Waals surface area contributed by atoms with Gasteiger partial charge in [0.05, 0.1) is 29.1 Å². The minimum atomic E-state index is -0.208. The number of benzene rings is 1. The smallest absolute Gasteiger partial charge is 0.258 e. The largest absolute Gasteiger partial charge is 0.466 e. The van der Waals surface area contributed by atoms with Gasteiger partial charge in [-0.25, -0.2) is 4.98 Å². The number of rotatable bonds is 5. The summed E-state index contributed by atoms with van der Waals surface area (Å²) >= 11 is 0. The fraction of sp³-hybridized carbons (Fsp3) is 0.381. The van der Waals surface area contributed by atoms with Crippen molar-refractivity contribution in [3.63, 3.8) is 0 Å². The molecule has 1 amide bonds. The lowest BCUT2D eigenvalue weighted by atomic mass is 10.1. The molecule has 1 atom stereocenters. The summed E-state index contributed by atoms with van der Waals surface area (Å²) in [4.78, 5) is 34.6. The van der Waals surface area contributed by atoms with Crippen molar-refractivity contribution in [1.29, 1.82) is 0 Å². The van der Waals surface area contributed by atoms with E-state index in [9.17, 15) is 9.59 Å². The standard InChI is InChI=1S/C21H23N3O4/c1-13-10-17(14(2)28-13)21(26)24(11-15-6-5-9-27-15)12-19-22-18-8-4-3-7-16(18)20(25)23-19/h3-4,7-8,10,15H,5-6,9,11-12H2,1-2H3,(H,22,23,25). The highest BCUT2D eigenvalue weighted by atomic mass is 16.5. The number of furan rings is 1. The molecule has 0 aliphatic carbocycles. The first-order chi connectivity index (χ1) is 13.5. The third-order valence-corrected chi connectivity index (χ3v) is 5.01. The van der Waals surface area contributed by atoms with Crippen LogP contribution in [0, 0.1) is 13.8 Å². The zero-order valence-corrected chi connectivity index (χ0v) is 16.0. The van der Waals surface area contributed by atoms with Crippen molar-refractivity contribution in [1.82, 2.24) is 14.9 Å². The average Bonchev–Trinajstić information content (AvgIpc) is 3.30.